The van der Waals surface area contributed by atoms with E-state index in [4.69, 9.17) is 17.3 Å². The zero-order chi connectivity index (χ0) is 10.0. The number of halogens is 1. The molecule has 1 aromatic rings. The number of rotatable bonds is 1. The fourth-order valence-electron chi connectivity index (χ4n) is 0.990. The Morgan fingerprint density at radius 3 is 2.54 bits per heavy atom. The lowest BCUT2D eigenvalue weighted by atomic mass is 10.1. The largest absolute Gasteiger partial charge is 0.398 e. The van der Waals surface area contributed by atoms with Crippen molar-refractivity contribution in [2.24, 2.45) is 0 Å². The number of hydrogen-bond acceptors (Lipinski definition) is 2. The van der Waals surface area contributed by atoms with E-state index < -0.39 is 0 Å². The second-order valence-electron chi connectivity index (χ2n) is 2.90. The summed E-state index contributed by atoms with van der Waals surface area (Å²) >= 11 is 5.84. The number of amides is 1. The van der Waals surface area contributed by atoms with Gasteiger partial charge in [0, 0.05) is 19.8 Å². The molecule has 2 N–H and O–H groups in total. The van der Waals surface area contributed by atoms with Crippen LogP contribution in [0.25, 0.3) is 0 Å². The molecule has 0 heterocycles. The topological polar surface area (TPSA) is 46.3 Å². The number of carbonyl (C=O) groups excluding carboxylic acids is 1. The Balaban J connectivity index is 3.20. The van der Waals surface area contributed by atoms with Crippen LogP contribution in [0.15, 0.2) is 18.2 Å². The fraction of sp³-hybridized carbons (Fsp3) is 0.222. The van der Waals surface area contributed by atoms with Crippen LogP contribution in [0.4, 0.5) is 5.69 Å². The summed E-state index contributed by atoms with van der Waals surface area (Å²) in [6.07, 6.45) is 0. The minimum absolute atomic E-state index is 0.178. The van der Waals surface area contributed by atoms with Gasteiger partial charge in [-0.2, -0.15) is 0 Å². The van der Waals surface area contributed by atoms with Gasteiger partial charge in [-0.3, -0.25) is 4.79 Å². The van der Waals surface area contributed by atoms with E-state index in [0.717, 1.165) is 0 Å². The van der Waals surface area contributed by atoms with Crippen molar-refractivity contribution in [2.75, 3.05) is 19.8 Å². The fourth-order valence-corrected chi connectivity index (χ4v) is 1.25. The molecule has 0 radical (unpaired) electrons. The highest BCUT2D eigenvalue weighted by atomic mass is 35.5. The zero-order valence-corrected chi connectivity index (χ0v) is 8.30. The van der Waals surface area contributed by atoms with Crippen LogP contribution in [0, 0.1) is 0 Å². The first-order valence-electron chi connectivity index (χ1n) is 3.79. The standard InChI is InChI=1S/C9H11ClN2O/c1-12(2)9(13)8-6(10)4-3-5-7(8)11/h3-5H,11H2,1-2H3. The van der Waals surface area contributed by atoms with Crippen molar-refractivity contribution in [3.05, 3.63) is 28.8 Å². The maximum Gasteiger partial charge on any atom is 0.256 e. The first-order valence-corrected chi connectivity index (χ1v) is 4.17. The molecule has 0 fully saturated rings. The molecule has 1 amide bonds. The smallest absolute Gasteiger partial charge is 0.256 e. The van der Waals surface area contributed by atoms with E-state index in [1.165, 1.54) is 4.90 Å². The van der Waals surface area contributed by atoms with E-state index >= 15 is 0 Å². The molecule has 13 heavy (non-hydrogen) atoms. The number of hydrogen-bond donors (Lipinski definition) is 1. The number of anilines is 1. The monoisotopic (exact) mass is 198 g/mol. The quantitative estimate of drug-likeness (QED) is 0.698. The lowest BCUT2D eigenvalue weighted by Crippen LogP contribution is -2.23. The molecule has 3 nitrogen and oxygen atoms in total. The minimum Gasteiger partial charge on any atom is -0.398 e. The van der Waals surface area contributed by atoms with Crippen molar-refractivity contribution in [1.29, 1.82) is 0 Å². The minimum atomic E-state index is -0.178. The van der Waals surface area contributed by atoms with Crippen molar-refractivity contribution >= 4 is 23.2 Å². The Morgan fingerprint density at radius 1 is 1.46 bits per heavy atom. The molecule has 0 aliphatic rings. The summed E-state index contributed by atoms with van der Waals surface area (Å²) in [5, 5.41) is 0.388. The van der Waals surface area contributed by atoms with Gasteiger partial charge in [0.2, 0.25) is 0 Å². The summed E-state index contributed by atoms with van der Waals surface area (Å²) in [6, 6.07) is 5.02. The third-order valence-electron chi connectivity index (χ3n) is 1.67. The van der Waals surface area contributed by atoms with E-state index in [9.17, 15) is 4.79 Å². The van der Waals surface area contributed by atoms with Crippen LogP contribution in [0.2, 0.25) is 5.02 Å². The van der Waals surface area contributed by atoms with Gasteiger partial charge in [0.25, 0.3) is 5.91 Å². The van der Waals surface area contributed by atoms with Gasteiger partial charge in [-0.1, -0.05) is 17.7 Å². The van der Waals surface area contributed by atoms with Crippen molar-refractivity contribution in [3.8, 4) is 0 Å². The molecular weight excluding hydrogens is 188 g/mol. The molecule has 0 aliphatic carbocycles. The molecule has 1 rings (SSSR count). The van der Waals surface area contributed by atoms with Gasteiger partial charge in [0.1, 0.15) is 0 Å². The summed E-state index contributed by atoms with van der Waals surface area (Å²) in [4.78, 5) is 13.0. The van der Waals surface area contributed by atoms with Gasteiger partial charge in [-0.25, -0.2) is 0 Å². The Bertz CT molecular complexity index is 316. The summed E-state index contributed by atoms with van der Waals surface area (Å²) < 4.78 is 0. The Kier molecular flexibility index (Phi) is 2.78. The first kappa shape index (κ1) is 9.86. The van der Waals surface area contributed by atoms with Gasteiger partial charge in [-0.05, 0) is 12.1 Å². The van der Waals surface area contributed by atoms with Crippen molar-refractivity contribution in [2.45, 2.75) is 0 Å². The molecule has 0 atom stereocenters. The van der Waals surface area contributed by atoms with Gasteiger partial charge < -0.3 is 10.6 Å². The van der Waals surface area contributed by atoms with Crippen molar-refractivity contribution in [1.82, 2.24) is 4.90 Å². The predicted molar refractivity (Wildman–Crippen MR) is 53.9 cm³/mol. The maximum atomic E-state index is 11.5. The van der Waals surface area contributed by atoms with Gasteiger partial charge in [-0.15, -0.1) is 0 Å². The Labute approximate surface area is 82.1 Å². The highest BCUT2D eigenvalue weighted by molar-refractivity contribution is 6.34. The van der Waals surface area contributed by atoms with Crippen LogP contribution in [0.5, 0.6) is 0 Å². The molecule has 0 bridgehead atoms. The molecular formula is C9H11ClN2O. The average molecular weight is 199 g/mol. The third kappa shape index (κ3) is 1.92. The third-order valence-corrected chi connectivity index (χ3v) is 1.98. The molecule has 0 unspecified atom stereocenters. The first-order chi connectivity index (χ1) is 6.04. The highest BCUT2D eigenvalue weighted by Crippen LogP contribution is 2.22. The number of benzene rings is 1. The normalized spacial score (nSPS) is 9.77. The molecule has 4 heteroatoms. The maximum absolute atomic E-state index is 11.5. The molecule has 0 saturated heterocycles. The van der Waals surface area contributed by atoms with Crippen molar-refractivity contribution in [3.63, 3.8) is 0 Å². The highest BCUT2D eigenvalue weighted by Gasteiger charge is 2.14. The van der Waals surface area contributed by atoms with Gasteiger partial charge >= 0.3 is 0 Å². The second-order valence-corrected chi connectivity index (χ2v) is 3.31. The van der Waals surface area contributed by atoms with Crippen LogP contribution in [0.3, 0.4) is 0 Å². The molecule has 0 aromatic heterocycles. The molecule has 70 valence electrons. The molecule has 0 saturated carbocycles. The van der Waals surface area contributed by atoms with Crippen LogP contribution in [-0.2, 0) is 0 Å². The molecule has 1 aromatic carbocycles. The summed E-state index contributed by atoms with van der Waals surface area (Å²) in [7, 11) is 3.32. The van der Waals surface area contributed by atoms with Gasteiger partial charge in [0.05, 0.1) is 10.6 Å². The predicted octanol–water partition coefficient (Wildman–Crippen LogP) is 1.62. The second kappa shape index (κ2) is 3.66. The number of nitrogens with two attached hydrogens (primary N) is 1. The number of nitrogens with zero attached hydrogens (tertiary/aromatic N) is 1. The van der Waals surface area contributed by atoms with E-state index in [-0.39, 0.29) is 5.91 Å². The summed E-state index contributed by atoms with van der Waals surface area (Å²) in [5.74, 6) is -0.178. The average Bonchev–Trinajstić information content (AvgIpc) is 2.03. The lowest BCUT2D eigenvalue weighted by Gasteiger charge is -2.12. The Morgan fingerprint density at radius 2 is 2.08 bits per heavy atom. The van der Waals surface area contributed by atoms with Crippen molar-refractivity contribution < 1.29 is 4.79 Å². The summed E-state index contributed by atoms with van der Waals surface area (Å²) in [6.45, 7) is 0. The number of nitrogen functional groups attached to an aromatic ring is 1. The summed E-state index contributed by atoms with van der Waals surface area (Å²) in [5.41, 5.74) is 6.41. The van der Waals surface area contributed by atoms with E-state index in [0.29, 0.717) is 16.3 Å². The molecule has 0 aliphatic heterocycles. The van der Waals surface area contributed by atoms with Crippen LogP contribution >= 0.6 is 11.6 Å². The number of carbonyl (C=O) groups is 1. The van der Waals surface area contributed by atoms with Crippen LogP contribution in [-0.4, -0.2) is 24.9 Å². The van der Waals surface area contributed by atoms with E-state index in [2.05, 4.69) is 0 Å². The zero-order valence-electron chi connectivity index (χ0n) is 7.54. The van der Waals surface area contributed by atoms with Gasteiger partial charge in [0.15, 0.2) is 0 Å². The van der Waals surface area contributed by atoms with Crippen LogP contribution in [0.1, 0.15) is 10.4 Å². The lowest BCUT2D eigenvalue weighted by molar-refractivity contribution is 0.0829. The Hall–Kier alpha value is -1.22. The van der Waals surface area contributed by atoms with E-state index in [1.807, 2.05) is 0 Å². The van der Waals surface area contributed by atoms with E-state index in [1.54, 1.807) is 32.3 Å². The van der Waals surface area contributed by atoms with Crippen LogP contribution < -0.4 is 5.73 Å². The molecule has 0 spiro atoms. The SMILES string of the molecule is CN(C)C(=O)c1c(N)cccc1Cl.